The van der Waals surface area contributed by atoms with Gasteiger partial charge in [-0.1, -0.05) is 0 Å². The van der Waals surface area contributed by atoms with E-state index in [0.29, 0.717) is 17.1 Å². The van der Waals surface area contributed by atoms with Crippen LogP contribution >= 0.6 is 0 Å². The highest BCUT2D eigenvalue weighted by molar-refractivity contribution is 6.21. The molecular formula is C18H12N4O4. The summed E-state index contributed by atoms with van der Waals surface area (Å²) in [5.41, 5.74) is 1.65. The fraction of sp³-hybridized carbons (Fsp3) is 0. The van der Waals surface area contributed by atoms with Crippen LogP contribution in [0, 0.1) is 0 Å². The molecule has 4 rings (SSSR count). The van der Waals surface area contributed by atoms with Crippen LogP contribution in [0.5, 0.6) is 5.75 Å². The van der Waals surface area contributed by atoms with Gasteiger partial charge in [-0.25, -0.2) is 14.8 Å². The molecule has 3 aromatic heterocycles. The van der Waals surface area contributed by atoms with Gasteiger partial charge < -0.3 is 19.9 Å². The fourth-order valence-corrected chi connectivity index (χ4v) is 2.57. The van der Waals surface area contributed by atoms with Crippen molar-refractivity contribution in [1.29, 1.82) is 0 Å². The first-order valence-corrected chi connectivity index (χ1v) is 7.60. The van der Waals surface area contributed by atoms with Crippen LogP contribution in [0.25, 0.3) is 11.6 Å². The number of aliphatic imine (C=N–C) groups is 1. The zero-order chi connectivity index (χ0) is 18.1. The second kappa shape index (κ2) is 6.17. The smallest absolute Gasteiger partial charge is 0.345 e. The SMILES string of the molecule is O=C(O)c1c(Nc2ccncc2)oc(C=C2C=Nc3ncccc32)c1O. The third-order valence-electron chi connectivity index (χ3n) is 3.77. The first kappa shape index (κ1) is 15.6. The summed E-state index contributed by atoms with van der Waals surface area (Å²) in [6.45, 7) is 0. The molecule has 1 aliphatic rings. The normalized spacial score (nSPS) is 13.8. The molecule has 26 heavy (non-hydrogen) atoms. The summed E-state index contributed by atoms with van der Waals surface area (Å²) < 4.78 is 5.57. The van der Waals surface area contributed by atoms with Crippen molar-refractivity contribution in [3.8, 4) is 5.75 Å². The Kier molecular flexibility index (Phi) is 3.70. The zero-order valence-electron chi connectivity index (χ0n) is 13.2. The number of allylic oxidation sites excluding steroid dienone is 1. The molecule has 128 valence electrons. The average molecular weight is 348 g/mol. The first-order chi connectivity index (χ1) is 12.6. The minimum absolute atomic E-state index is 0.0112. The van der Waals surface area contributed by atoms with E-state index >= 15 is 0 Å². The fourth-order valence-electron chi connectivity index (χ4n) is 2.57. The Morgan fingerprint density at radius 3 is 2.77 bits per heavy atom. The van der Waals surface area contributed by atoms with Crippen molar-refractivity contribution in [2.24, 2.45) is 4.99 Å². The van der Waals surface area contributed by atoms with Crippen molar-refractivity contribution < 1.29 is 19.4 Å². The quantitative estimate of drug-likeness (QED) is 0.660. The van der Waals surface area contributed by atoms with Gasteiger partial charge in [0.15, 0.2) is 22.9 Å². The second-order valence-electron chi connectivity index (χ2n) is 5.42. The number of aromatic carboxylic acids is 1. The van der Waals surface area contributed by atoms with Crippen LogP contribution in [0.15, 0.2) is 52.3 Å². The van der Waals surface area contributed by atoms with Crippen LogP contribution in [0.2, 0.25) is 0 Å². The Balaban J connectivity index is 1.77. The van der Waals surface area contributed by atoms with E-state index in [1.165, 1.54) is 6.08 Å². The van der Waals surface area contributed by atoms with Crippen LogP contribution in [-0.4, -0.2) is 32.4 Å². The number of nitrogens with zero attached hydrogens (tertiary/aromatic N) is 3. The van der Waals surface area contributed by atoms with Gasteiger partial charge in [0.25, 0.3) is 0 Å². The summed E-state index contributed by atoms with van der Waals surface area (Å²) in [4.78, 5) is 23.8. The molecule has 1 aliphatic heterocycles. The topological polar surface area (TPSA) is 121 Å². The minimum atomic E-state index is -1.31. The molecule has 0 amide bonds. The number of carboxylic acid groups (broad SMARTS) is 1. The van der Waals surface area contributed by atoms with Crippen LogP contribution in [0.4, 0.5) is 17.4 Å². The molecule has 0 atom stereocenters. The third kappa shape index (κ3) is 2.69. The van der Waals surface area contributed by atoms with Crippen molar-refractivity contribution in [2.45, 2.75) is 0 Å². The Labute approximate surface area is 147 Å². The van der Waals surface area contributed by atoms with Crippen LogP contribution < -0.4 is 5.32 Å². The number of pyridine rings is 2. The number of rotatable bonds is 4. The van der Waals surface area contributed by atoms with Gasteiger partial charge in [-0.15, -0.1) is 0 Å². The zero-order valence-corrected chi connectivity index (χ0v) is 13.2. The number of aromatic hydroxyl groups is 1. The molecule has 3 aromatic rings. The lowest BCUT2D eigenvalue weighted by molar-refractivity contribution is 0.0695. The van der Waals surface area contributed by atoms with E-state index in [2.05, 4.69) is 20.3 Å². The van der Waals surface area contributed by atoms with Crippen LogP contribution in [-0.2, 0) is 0 Å². The van der Waals surface area contributed by atoms with Crippen molar-refractivity contribution >= 4 is 41.2 Å². The van der Waals surface area contributed by atoms with Gasteiger partial charge in [-0.05, 0) is 30.3 Å². The van der Waals surface area contributed by atoms with Crippen molar-refractivity contribution in [1.82, 2.24) is 9.97 Å². The molecule has 0 saturated heterocycles. The highest BCUT2D eigenvalue weighted by atomic mass is 16.4. The van der Waals surface area contributed by atoms with Crippen molar-refractivity contribution in [2.75, 3.05) is 5.32 Å². The monoisotopic (exact) mass is 348 g/mol. The van der Waals surface area contributed by atoms with E-state index in [9.17, 15) is 15.0 Å². The number of nitrogens with one attached hydrogen (secondary N) is 1. The molecule has 4 heterocycles. The largest absolute Gasteiger partial charge is 0.504 e. The van der Waals surface area contributed by atoms with Crippen LogP contribution in [0.1, 0.15) is 21.7 Å². The molecule has 0 unspecified atom stereocenters. The third-order valence-corrected chi connectivity index (χ3v) is 3.77. The number of carbonyl (C=O) groups is 1. The van der Waals surface area contributed by atoms with Gasteiger partial charge in [-0.3, -0.25) is 4.98 Å². The Bertz CT molecular complexity index is 1050. The summed E-state index contributed by atoms with van der Waals surface area (Å²) in [5, 5.41) is 22.6. The van der Waals surface area contributed by atoms with E-state index in [1.54, 1.807) is 43.0 Å². The molecule has 0 bridgehead atoms. The molecule has 0 aromatic carbocycles. The highest BCUT2D eigenvalue weighted by Gasteiger charge is 2.25. The number of carboxylic acids is 1. The number of anilines is 2. The second-order valence-corrected chi connectivity index (χ2v) is 5.42. The maximum Gasteiger partial charge on any atom is 0.345 e. The molecule has 0 spiro atoms. The van der Waals surface area contributed by atoms with Gasteiger partial charge in [0.2, 0.25) is 5.88 Å². The molecule has 0 saturated carbocycles. The maximum absolute atomic E-state index is 11.6. The lowest BCUT2D eigenvalue weighted by Crippen LogP contribution is -1.99. The van der Waals surface area contributed by atoms with Gasteiger partial charge in [0, 0.05) is 41.6 Å². The minimum Gasteiger partial charge on any atom is -0.504 e. The molecule has 0 aliphatic carbocycles. The highest BCUT2D eigenvalue weighted by Crippen LogP contribution is 2.38. The summed E-state index contributed by atoms with van der Waals surface area (Å²) >= 11 is 0. The van der Waals surface area contributed by atoms with Crippen molar-refractivity contribution in [3.63, 3.8) is 0 Å². The summed E-state index contributed by atoms with van der Waals surface area (Å²) in [6, 6.07) is 6.89. The van der Waals surface area contributed by atoms with E-state index in [-0.39, 0.29) is 17.2 Å². The Morgan fingerprint density at radius 1 is 1.19 bits per heavy atom. The molecule has 0 fully saturated rings. The Morgan fingerprint density at radius 2 is 2.00 bits per heavy atom. The van der Waals surface area contributed by atoms with E-state index in [4.69, 9.17) is 4.42 Å². The molecular weight excluding hydrogens is 336 g/mol. The van der Waals surface area contributed by atoms with Crippen LogP contribution in [0.3, 0.4) is 0 Å². The standard InChI is InChI=1S/C18H12N4O4/c23-15-13(8-10-9-21-16-12(10)2-1-5-20-16)26-17(14(15)18(24)25)22-11-3-6-19-7-4-11/h1-9,23H,(H,19,22)(H,24,25). The summed E-state index contributed by atoms with van der Waals surface area (Å²) in [7, 11) is 0. The number of fused-ring (bicyclic) bond motifs is 1. The maximum atomic E-state index is 11.6. The van der Waals surface area contributed by atoms with E-state index in [1.807, 2.05) is 6.07 Å². The summed E-state index contributed by atoms with van der Waals surface area (Å²) in [6.07, 6.45) is 7.83. The summed E-state index contributed by atoms with van der Waals surface area (Å²) in [5.74, 6) is -1.29. The van der Waals surface area contributed by atoms with Gasteiger partial charge in [0.05, 0.1) is 0 Å². The van der Waals surface area contributed by atoms with E-state index < -0.39 is 11.7 Å². The van der Waals surface area contributed by atoms with E-state index in [0.717, 1.165) is 5.56 Å². The van der Waals surface area contributed by atoms with Gasteiger partial charge in [0.1, 0.15) is 0 Å². The molecule has 3 N–H and O–H groups in total. The number of hydrogen-bond donors (Lipinski definition) is 3. The first-order valence-electron chi connectivity index (χ1n) is 7.60. The lowest BCUT2D eigenvalue weighted by Gasteiger charge is -2.02. The predicted molar refractivity (Wildman–Crippen MR) is 95.1 cm³/mol. The van der Waals surface area contributed by atoms with Crippen molar-refractivity contribution in [3.05, 3.63) is 59.7 Å². The predicted octanol–water partition coefficient (Wildman–Crippen LogP) is 3.47. The van der Waals surface area contributed by atoms with Gasteiger partial charge >= 0.3 is 5.97 Å². The number of furan rings is 1. The lowest BCUT2D eigenvalue weighted by atomic mass is 10.1. The molecule has 8 heteroatoms. The Hall–Kier alpha value is -3.94. The van der Waals surface area contributed by atoms with Gasteiger partial charge in [-0.2, -0.15) is 0 Å². The number of hydrogen-bond acceptors (Lipinski definition) is 7. The average Bonchev–Trinajstić information content (AvgIpc) is 3.18. The molecule has 0 radical (unpaired) electrons. The molecule has 8 nitrogen and oxygen atoms in total. The number of aromatic nitrogens is 2.